The van der Waals surface area contributed by atoms with Crippen molar-refractivity contribution in [2.75, 3.05) is 0 Å². The summed E-state index contributed by atoms with van der Waals surface area (Å²) in [6, 6.07) is 11.8. The van der Waals surface area contributed by atoms with Gasteiger partial charge in [0.2, 0.25) is 0 Å². The molecule has 1 aromatic carbocycles. The SMILES string of the molecule is CCCCCCC[C@H]1CC[C@H](c2cc[c]cc2)CC1. The highest BCUT2D eigenvalue weighted by Gasteiger charge is 2.21. The highest BCUT2D eigenvalue weighted by atomic mass is 14.3. The van der Waals surface area contributed by atoms with Crippen LogP contribution in [0.15, 0.2) is 24.3 Å². The summed E-state index contributed by atoms with van der Waals surface area (Å²) in [5.74, 6) is 1.85. The summed E-state index contributed by atoms with van der Waals surface area (Å²) in [5.41, 5.74) is 1.54. The predicted octanol–water partition coefficient (Wildman–Crippen LogP) is 6.12. The van der Waals surface area contributed by atoms with E-state index in [-0.39, 0.29) is 0 Å². The Labute approximate surface area is 119 Å². The molecule has 0 bridgehead atoms. The van der Waals surface area contributed by atoms with Crippen molar-refractivity contribution >= 4 is 0 Å². The molecule has 1 saturated carbocycles. The molecule has 1 radical (unpaired) electrons. The number of hydrogen-bond donors (Lipinski definition) is 0. The molecular weight excluding hydrogens is 228 g/mol. The van der Waals surface area contributed by atoms with Crippen molar-refractivity contribution in [2.45, 2.75) is 77.0 Å². The van der Waals surface area contributed by atoms with Crippen LogP contribution in [0.1, 0.15) is 82.6 Å². The Bertz CT molecular complexity index is 319. The van der Waals surface area contributed by atoms with Crippen LogP contribution in [0.25, 0.3) is 0 Å². The van der Waals surface area contributed by atoms with Crippen LogP contribution in [0.4, 0.5) is 0 Å². The lowest BCUT2D eigenvalue weighted by Gasteiger charge is -2.28. The Morgan fingerprint density at radius 3 is 2.32 bits per heavy atom. The molecule has 0 aromatic heterocycles. The highest BCUT2D eigenvalue weighted by molar-refractivity contribution is 5.19. The zero-order valence-electron chi connectivity index (χ0n) is 12.5. The number of rotatable bonds is 7. The van der Waals surface area contributed by atoms with Crippen molar-refractivity contribution in [1.29, 1.82) is 0 Å². The first-order valence-corrected chi connectivity index (χ1v) is 8.36. The van der Waals surface area contributed by atoms with Gasteiger partial charge in [0.15, 0.2) is 0 Å². The molecule has 1 fully saturated rings. The van der Waals surface area contributed by atoms with E-state index in [9.17, 15) is 0 Å². The summed E-state index contributed by atoms with van der Waals surface area (Å²) in [7, 11) is 0. The molecule has 0 heterocycles. The smallest absolute Gasteiger partial charge is 0.0162 e. The van der Waals surface area contributed by atoms with Gasteiger partial charge in [0.25, 0.3) is 0 Å². The number of hydrogen-bond acceptors (Lipinski definition) is 0. The van der Waals surface area contributed by atoms with Gasteiger partial charge in [-0.25, -0.2) is 0 Å². The third kappa shape index (κ3) is 5.01. The Hall–Kier alpha value is -0.780. The summed E-state index contributed by atoms with van der Waals surface area (Å²) in [5, 5.41) is 0. The quantitative estimate of drug-likeness (QED) is 0.516. The van der Waals surface area contributed by atoms with Crippen molar-refractivity contribution in [3.63, 3.8) is 0 Å². The van der Waals surface area contributed by atoms with E-state index >= 15 is 0 Å². The maximum atomic E-state index is 3.13. The monoisotopic (exact) mass is 257 g/mol. The van der Waals surface area contributed by atoms with Crippen molar-refractivity contribution in [3.8, 4) is 0 Å². The lowest BCUT2D eigenvalue weighted by Crippen LogP contribution is -2.13. The second-order valence-corrected chi connectivity index (χ2v) is 6.25. The van der Waals surface area contributed by atoms with E-state index in [1.54, 1.807) is 5.56 Å². The second kappa shape index (κ2) is 8.40. The third-order valence-electron chi connectivity index (χ3n) is 4.78. The molecule has 0 spiro atoms. The van der Waals surface area contributed by atoms with Crippen LogP contribution >= 0.6 is 0 Å². The molecule has 105 valence electrons. The van der Waals surface area contributed by atoms with E-state index in [0.29, 0.717) is 0 Å². The first-order valence-electron chi connectivity index (χ1n) is 8.36. The molecule has 0 unspecified atom stereocenters. The van der Waals surface area contributed by atoms with E-state index < -0.39 is 0 Å². The van der Waals surface area contributed by atoms with Crippen LogP contribution in [0.5, 0.6) is 0 Å². The molecule has 0 nitrogen and oxygen atoms in total. The lowest BCUT2D eigenvalue weighted by atomic mass is 9.77. The van der Waals surface area contributed by atoms with Gasteiger partial charge in [-0.2, -0.15) is 0 Å². The van der Waals surface area contributed by atoms with Crippen LogP contribution in [-0.4, -0.2) is 0 Å². The van der Waals surface area contributed by atoms with Gasteiger partial charge in [0, 0.05) is 0 Å². The van der Waals surface area contributed by atoms with Crippen LogP contribution < -0.4 is 0 Å². The average molecular weight is 257 g/mol. The zero-order chi connectivity index (χ0) is 13.3. The first-order chi connectivity index (χ1) is 9.40. The molecule has 0 amide bonds. The van der Waals surface area contributed by atoms with E-state index in [1.165, 1.54) is 64.2 Å². The summed E-state index contributed by atoms with van der Waals surface area (Å²) in [6.45, 7) is 2.29. The van der Waals surface area contributed by atoms with Crippen LogP contribution in [0, 0.1) is 12.0 Å². The fourth-order valence-electron chi connectivity index (χ4n) is 3.49. The van der Waals surface area contributed by atoms with E-state index in [2.05, 4.69) is 37.3 Å². The van der Waals surface area contributed by atoms with Crippen LogP contribution in [0.2, 0.25) is 0 Å². The molecule has 19 heavy (non-hydrogen) atoms. The molecule has 1 aliphatic carbocycles. The Balaban J connectivity index is 1.63. The minimum Gasteiger partial charge on any atom is -0.0654 e. The van der Waals surface area contributed by atoms with Crippen LogP contribution in [0.3, 0.4) is 0 Å². The minimum absolute atomic E-state index is 0.825. The molecule has 1 aliphatic rings. The summed E-state index contributed by atoms with van der Waals surface area (Å²) >= 11 is 0. The van der Waals surface area contributed by atoms with Gasteiger partial charge in [-0.05, 0) is 49.1 Å². The van der Waals surface area contributed by atoms with Crippen molar-refractivity contribution in [1.82, 2.24) is 0 Å². The second-order valence-electron chi connectivity index (χ2n) is 6.25. The lowest BCUT2D eigenvalue weighted by molar-refractivity contribution is 0.302. The Kier molecular flexibility index (Phi) is 6.47. The van der Waals surface area contributed by atoms with Crippen LogP contribution in [-0.2, 0) is 0 Å². The number of unbranched alkanes of at least 4 members (excludes halogenated alkanes) is 4. The standard InChI is InChI=1S/C19H29/c1-2-3-4-5-7-10-17-13-15-19(16-14-17)18-11-8-6-9-12-18/h8-9,11-12,17,19H,2-5,7,10,13-16H2,1H3/t17-,19-. The maximum Gasteiger partial charge on any atom is -0.0162 e. The first kappa shape index (κ1) is 14.6. The summed E-state index contributed by atoms with van der Waals surface area (Å²) in [6.07, 6.45) is 14.4. The van der Waals surface area contributed by atoms with E-state index in [4.69, 9.17) is 0 Å². The van der Waals surface area contributed by atoms with Crippen molar-refractivity contribution in [3.05, 3.63) is 35.9 Å². The average Bonchev–Trinajstić information content (AvgIpc) is 2.49. The summed E-state index contributed by atoms with van der Waals surface area (Å²) in [4.78, 5) is 0. The molecular formula is C19H29. The predicted molar refractivity (Wildman–Crippen MR) is 83.4 cm³/mol. The molecule has 2 rings (SSSR count). The van der Waals surface area contributed by atoms with Gasteiger partial charge in [0.05, 0.1) is 0 Å². The number of benzene rings is 1. The fraction of sp³-hybridized carbons (Fsp3) is 0.684. The molecule has 0 N–H and O–H groups in total. The molecule has 0 aliphatic heterocycles. The van der Waals surface area contributed by atoms with Gasteiger partial charge < -0.3 is 0 Å². The van der Waals surface area contributed by atoms with Gasteiger partial charge >= 0.3 is 0 Å². The summed E-state index contributed by atoms with van der Waals surface area (Å²) < 4.78 is 0. The largest absolute Gasteiger partial charge is 0.0654 e. The zero-order valence-corrected chi connectivity index (χ0v) is 12.5. The van der Waals surface area contributed by atoms with E-state index in [0.717, 1.165) is 11.8 Å². The van der Waals surface area contributed by atoms with Gasteiger partial charge in [0.1, 0.15) is 0 Å². The van der Waals surface area contributed by atoms with Gasteiger partial charge in [-0.3, -0.25) is 0 Å². The fourth-order valence-corrected chi connectivity index (χ4v) is 3.49. The molecule has 0 saturated heterocycles. The Morgan fingerprint density at radius 1 is 0.947 bits per heavy atom. The highest BCUT2D eigenvalue weighted by Crippen LogP contribution is 2.37. The molecule has 0 atom stereocenters. The normalized spacial score (nSPS) is 23.4. The molecule has 0 heteroatoms. The minimum atomic E-state index is 0.825. The topological polar surface area (TPSA) is 0 Å². The Morgan fingerprint density at radius 2 is 1.63 bits per heavy atom. The molecule has 1 aromatic rings. The third-order valence-corrected chi connectivity index (χ3v) is 4.78. The van der Waals surface area contributed by atoms with Gasteiger partial charge in [-0.15, -0.1) is 0 Å². The van der Waals surface area contributed by atoms with Gasteiger partial charge in [-0.1, -0.05) is 69.7 Å². The maximum absolute atomic E-state index is 3.13. The van der Waals surface area contributed by atoms with Crippen molar-refractivity contribution in [2.24, 2.45) is 5.92 Å². The van der Waals surface area contributed by atoms with Crippen molar-refractivity contribution < 1.29 is 0 Å². The van der Waals surface area contributed by atoms with E-state index in [1.807, 2.05) is 0 Å².